The van der Waals surface area contributed by atoms with Crippen LogP contribution in [0.5, 0.6) is 11.5 Å². The van der Waals surface area contributed by atoms with Gasteiger partial charge in [-0.3, -0.25) is 4.79 Å². The summed E-state index contributed by atoms with van der Waals surface area (Å²) in [6.07, 6.45) is -0.103. The molecule has 0 aromatic heterocycles. The normalized spacial score (nSPS) is 10.2. The van der Waals surface area contributed by atoms with E-state index in [9.17, 15) is 9.18 Å². The minimum absolute atomic E-state index is 0.103. The van der Waals surface area contributed by atoms with Gasteiger partial charge in [-0.1, -0.05) is 17.7 Å². The van der Waals surface area contributed by atoms with Crippen LogP contribution >= 0.6 is 11.6 Å². The van der Waals surface area contributed by atoms with Gasteiger partial charge in [-0.15, -0.1) is 0 Å². The lowest BCUT2D eigenvalue weighted by molar-refractivity contribution is -0.120. The Morgan fingerprint density at radius 3 is 2.52 bits per heavy atom. The Hall–Kier alpha value is -2.27. The second-order valence-electron chi connectivity index (χ2n) is 4.75. The maximum Gasteiger partial charge on any atom is 0.224 e. The molecule has 0 aliphatic carbocycles. The first kappa shape index (κ1) is 17.1. The summed E-state index contributed by atoms with van der Waals surface area (Å²) in [5.41, 5.74) is 0.197. The molecule has 122 valence electrons. The van der Waals surface area contributed by atoms with Crippen molar-refractivity contribution >= 4 is 17.5 Å². The van der Waals surface area contributed by atoms with E-state index in [1.54, 1.807) is 37.4 Å². The van der Waals surface area contributed by atoms with E-state index in [1.165, 1.54) is 12.1 Å². The van der Waals surface area contributed by atoms with E-state index in [0.717, 1.165) is 5.75 Å². The lowest BCUT2D eigenvalue weighted by atomic mass is 10.1. The van der Waals surface area contributed by atoms with Gasteiger partial charge in [0.25, 0.3) is 0 Å². The molecule has 2 aromatic rings. The number of carbonyl (C=O) groups excluding carboxylic acids is 1. The Morgan fingerprint density at radius 2 is 1.87 bits per heavy atom. The molecular weight excluding hydrogens is 321 g/mol. The highest BCUT2D eigenvalue weighted by Gasteiger charge is 2.11. The molecule has 2 rings (SSSR count). The third-order valence-corrected chi connectivity index (χ3v) is 3.51. The van der Waals surface area contributed by atoms with Crippen molar-refractivity contribution in [1.82, 2.24) is 5.32 Å². The molecule has 0 radical (unpaired) electrons. The number of carbonyl (C=O) groups is 1. The monoisotopic (exact) mass is 337 g/mol. The standard InChI is InChI=1S/C17H17ClFNO3/c1-22-12-5-7-13(8-6-12)23-10-9-20-17(21)11-14-15(18)3-2-4-16(14)19/h2-8H,9-11H2,1H3,(H,20,21). The van der Waals surface area contributed by atoms with Gasteiger partial charge < -0.3 is 14.8 Å². The third-order valence-electron chi connectivity index (χ3n) is 3.15. The molecule has 0 atom stereocenters. The minimum Gasteiger partial charge on any atom is -0.497 e. The van der Waals surface area contributed by atoms with Crippen LogP contribution in [0.4, 0.5) is 4.39 Å². The average molecular weight is 338 g/mol. The van der Waals surface area contributed by atoms with Crippen LogP contribution in [0.3, 0.4) is 0 Å². The quantitative estimate of drug-likeness (QED) is 0.789. The first-order chi connectivity index (χ1) is 11.1. The van der Waals surface area contributed by atoms with E-state index in [2.05, 4.69) is 5.32 Å². The molecular formula is C17H17ClFNO3. The van der Waals surface area contributed by atoms with Crippen molar-refractivity contribution < 1.29 is 18.7 Å². The highest BCUT2D eigenvalue weighted by molar-refractivity contribution is 6.31. The Kier molecular flexibility index (Phi) is 6.23. The van der Waals surface area contributed by atoms with Gasteiger partial charge in [-0.2, -0.15) is 0 Å². The second-order valence-corrected chi connectivity index (χ2v) is 5.16. The zero-order chi connectivity index (χ0) is 16.7. The van der Waals surface area contributed by atoms with Crippen molar-refractivity contribution in [3.63, 3.8) is 0 Å². The van der Waals surface area contributed by atoms with Crippen molar-refractivity contribution in [3.8, 4) is 11.5 Å². The number of nitrogens with one attached hydrogen (secondary N) is 1. The second kappa shape index (κ2) is 8.39. The fraction of sp³-hybridized carbons (Fsp3) is 0.235. The molecule has 0 bridgehead atoms. The van der Waals surface area contributed by atoms with Gasteiger partial charge >= 0.3 is 0 Å². The maximum absolute atomic E-state index is 13.6. The molecule has 23 heavy (non-hydrogen) atoms. The highest BCUT2D eigenvalue weighted by Crippen LogP contribution is 2.19. The average Bonchev–Trinajstić information content (AvgIpc) is 2.56. The smallest absolute Gasteiger partial charge is 0.224 e. The van der Waals surface area contributed by atoms with Gasteiger partial charge in [-0.05, 0) is 36.4 Å². The molecule has 2 aromatic carbocycles. The van der Waals surface area contributed by atoms with Crippen molar-refractivity contribution in [2.75, 3.05) is 20.3 Å². The van der Waals surface area contributed by atoms with Crippen LogP contribution in [0.15, 0.2) is 42.5 Å². The highest BCUT2D eigenvalue weighted by atomic mass is 35.5. The number of rotatable bonds is 7. The molecule has 0 heterocycles. The van der Waals surface area contributed by atoms with Crippen molar-refractivity contribution in [3.05, 3.63) is 58.9 Å². The Balaban J connectivity index is 1.74. The molecule has 0 aliphatic heterocycles. The predicted molar refractivity (Wildman–Crippen MR) is 86.6 cm³/mol. The van der Waals surface area contributed by atoms with Crippen LogP contribution in [0.25, 0.3) is 0 Å². The van der Waals surface area contributed by atoms with Crippen LogP contribution in [-0.4, -0.2) is 26.2 Å². The van der Waals surface area contributed by atoms with E-state index < -0.39 is 5.82 Å². The summed E-state index contributed by atoms with van der Waals surface area (Å²) < 4.78 is 24.1. The molecule has 0 unspecified atom stereocenters. The van der Waals surface area contributed by atoms with E-state index >= 15 is 0 Å². The minimum atomic E-state index is -0.484. The lowest BCUT2D eigenvalue weighted by Gasteiger charge is -2.09. The molecule has 0 fully saturated rings. The number of amides is 1. The topological polar surface area (TPSA) is 47.6 Å². The molecule has 1 N–H and O–H groups in total. The van der Waals surface area contributed by atoms with E-state index in [4.69, 9.17) is 21.1 Å². The van der Waals surface area contributed by atoms with Crippen LogP contribution in [-0.2, 0) is 11.2 Å². The SMILES string of the molecule is COc1ccc(OCCNC(=O)Cc2c(F)cccc2Cl)cc1. The van der Waals surface area contributed by atoms with Gasteiger partial charge in [0.15, 0.2) is 0 Å². The molecule has 0 saturated carbocycles. The van der Waals surface area contributed by atoms with Crippen LogP contribution in [0.1, 0.15) is 5.56 Å². The molecule has 1 amide bonds. The fourth-order valence-corrected chi connectivity index (χ4v) is 2.19. The summed E-state index contributed by atoms with van der Waals surface area (Å²) in [5.74, 6) is 0.627. The summed E-state index contributed by atoms with van der Waals surface area (Å²) in [6.45, 7) is 0.625. The number of methoxy groups -OCH3 is 1. The maximum atomic E-state index is 13.6. The number of hydrogen-bond donors (Lipinski definition) is 1. The van der Waals surface area contributed by atoms with E-state index in [-0.39, 0.29) is 22.9 Å². The summed E-state index contributed by atoms with van der Waals surface area (Å²) in [5, 5.41) is 2.91. The van der Waals surface area contributed by atoms with Crippen molar-refractivity contribution in [2.45, 2.75) is 6.42 Å². The van der Waals surface area contributed by atoms with Gasteiger partial charge in [0.05, 0.1) is 20.1 Å². The van der Waals surface area contributed by atoms with E-state index in [0.29, 0.717) is 18.9 Å². The Labute approximate surface area is 139 Å². The fourth-order valence-electron chi connectivity index (χ4n) is 1.96. The first-order valence-electron chi connectivity index (χ1n) is 7.06. The molecule has 0 spiro atoms. The zero-order valence-electron chi connectivity index (χ0n) is 12.6. The molecule has 6 heteroatoms. The van der Waals surface area contributed by atoms with Gasteiger partial charge in [-0.25, -0.2) is 4.39 Å². The molecule has 0 aliphatic rings. The van der Waals surface area contributed by atoms with Crippen LogP contribution in [0.2, 0.25) is 5.02 Å². The van der Waals surface area contributed by atoms with Crippen molar-refractivity contribution in [2.24, 2.45) is 0 Å². The largest absolute Gasteiger partial charge is 0.497 e. The van der Waals surface area contributed by atoms with Gasteiger partial charge in [0, 0.05) is 10.6 Å². The predicted octanol–water partition coefficient (Wildman–Crippen LogP) is 3.23. The Bertz CT molecular complexity index is 641. The Morgan fingerprint density at radius 1 is 1.17 bits per heavy atom. The number of ether oxygens (including phenoxy) is 2. The summed E-state index contributed by atoms with van der Waals surface area (Å²) in [6, 6.07) is 11.5. The van der Waals surface area contributed by atoms with Crippen LogP contribution < -0.4 is 14.8 Å². The molecule has 4 nitrogen and oxygen atoms in total. The van der Waals surface area contributed by atoms with Gasteiger partial charge in [0.2, 0.25) is 5.91 Å². The third kappa shape index (κ3) is 5.14. The lowest BCUT2D eigenvalue weighted by Crippen LogP contribution is -2.29. The number of halogens is 2. The van der Waals surface area contributed by atoms with Crippen LogP contribution in [0, 0.1) is 5.82 Å². The number of benzene rings is 2. The zero-order valence-corrected chi connectivity index (χ0v) is 13.4. The summed E-state index contributed by atoms with van der Waals surface area (Å²) in [4.78, 5) is 11.8. The molecule has 0 saturated heterocycles. The van der Waals surface area contributed by atoms with E-state index in [1.807, 2.05) is 0 Å². The van der Waals surface area contributed by atoms with Gasteiger partial charge in [0.1, 0.15) is 23.9 Å². The summed E-state index contributed by atoms with van der Waals surface area (Å²) in [7, 11) is 1.59. The first-order valence-corrected chi connectivity index (χ1v) is 7.44. The number of hydrogen-bond acceptors (Lipinski definition) is 3. The van der Waals surface area contributed by atoms with Crippen molar-refractivity contribution in [1.29, 1.82) is 0 Å². The summed E-state index contributed by atoms with van der Waals surface area (Å²) >= 11 is 5.88.